The first-order valence-corrected chi connectivity index (χ1v) is 11.3. The summed E-state index contributed by atoms with van der Waals surface area (Å²) in [5.74, 6) is -1.78. The fraction of sp³-hybridized carbons (Fsp3) is 0.448. The Morgan fingerprint density at radius 2 is 1.19 bits per heavy atom. The van der Waals surface area contributed by atoms with E-state index in [1.54, 1.807) is 0 Å². The molecule has 0 heterocycles. The zero-order valence-corrected chi connectivity index (χ0v) is 21.1. The lowest BCUT2D eigenvalue weighted by atomic mass is 9.76. The highest BCUT2D eigenvalue weighted by molar-refractivity contribution is 5.78. The highest BCUT2D eigenvalue weighted by atomic mass is 19.2. The summed E-state index contributed by atoms with van der Waals surface area (Å²) in [5, 5.41) is 11.4. The Bertz CT molecular complexity index is 1130. The van der Waals surface area contributed by atoms with Crippen LogP contribution in [0.25, 0.3) is 11.1 Å². The first-order valence-electron chi connectivity index (χ1n) is 11.3. The lowest BCUT2D eigenvalue weighted by molar-refractivity contribution is 0.446. The second-order valence-electron chi connectivity index (χ2n) is 11.3. The molecule has 0 bridgehead atoms. The van der Waals surface area contributed by atoms with Gasteiger partial charge in [-0.15, -0.1) is 0 Å². The number of allylic oxidation sites excluding steroid dienone is 4. The van der Waals surface area contributed by atoms with E-state index in [1.807, 2.05) is 32.9 Å². The van der Waals surface area contributed by atoms with E-state index in [-0.39, 0.29) is 22.5 Å². The number of hydrogen-bond acceptors (Lipinski definition) is 1. The van der Waals surface area contributed by atoms with Crippen LogP contribution < -0.4 is 0 Å². The van der Waals surface area contributed by atoms with E-state index < -0.39 is 11.6 Å². The van der Waals surface area contributed by atoms with Crippen molar-refractivity contribution in [2.45, 2.75) is 86.0 Å². The molecule has 1 aliphatic carbocycles. The van der Waals surface area contributed by atoms with E-state index >= 15 is 0 Å². The molecule has 2 aromatic rings. The Morgan fingerprint density at radius 3 is 1.66 bits per heavy atom. The first kappa shape index (κ1) is 24.2. The zero-order valence-electron chi connectivity index (χ0n) is 21.1. The average molecular weight is 439 g/mol. The van der Waals surface area contributed by atoms with Gasteiger partial charge in [0.15, 0.2) is 11.6 Å². The van der Waals surface area contributed by atoms with Crippen LogP contribution in [0.4, 0.5) is 8.78 Å². The molecule has 0 aromatic heterocycles. The van der Waals surface area contributed by atoms with Crippen LogP contribution in [0.5, 0.6) is 5.75 Å². The molecule has 0 fully saturated rings. The lowest BCUT2D eigenvalue weighted by Crippen LogP contribution is -2.17. The van der Waals surface area contributed by atoms with Crippen molar-refractivity contribution in [2.24, 2.45) is 0 Å². The number of halogens is 2. The molecular formula is C29H36F2O. The molecule has 0 aliphatic heterocycles. The van der Waals surface area contributed by atoms with Gasteiger partial charge in [-0.2, -0.15) is 0 Å². The maximum absolute atomic E-state index is 14.6. The summed E-state index contributed by atoms with van der Waals surface area (Å²) in [6.45, 7) is 20.7. The van der Waals surface area contributed by atoms with E-state index in [9.17, 15) is 13.9 Å². The normalized spacial score (nSPS) is 15.9. The van der Waals surface area contributed by atoms with Gasteiger partial charge in [0.25, 0.3) is 0 Å². The van der Waals surface area contributed by atoms with Gasteiger partial charge < -0.3 is 5.11 Å². The van der Waals surface area contributed by atoms with Gasteiger partial charge >= 0.3 is 0 Å². The Balaban J connectivity index is 2.43. The topological polar surface area (TPSA) is 20.2 Å². The van der Waals surface area contributed by atoms with Gasteiger partial charge in [-0.3, -0.25) is 0 Å². The monoisotopic (exact) mass is 438 g/mol. The van der Waals surface area contributed by atoms with Crippen LogP contribution in [-0.2, 0) is 10.8 Å². The van der Waals surface area contributed by atoms with E-state index in [2.05, 4.69) is 48.5 Å². The van der Waals surface area contributed by atoms with Crippen LogP contribution in [-0.4, -0.2) is 5.11 Å². The third kappa shape index (κ3) is 4.02. The van der Waals surface area contributed by atoms with E-state index in [1.165, 1.54) is 23.3 Å². The van der Waals surface area contributed by atoms with Crippen molar-refractivity contribution < 1.29 is 13.9 Å². The molecule has 0 saturated heterocycles. The Morgan fingerprint density at radius 1 is 0.688 bits per heavy atom. The molecule has 0 unspecified atom stereocenters. The molecule has 0 radical (unpaired) electrons. The molecule has 172 valence electrons. The molecule has 2 aromatic carbocycles. The fourth-order valence-corrected chi connectivity index (χ4v) is 4.69. The number of benzene rings is 2. The van der Waals surface area contributed by atoms with Crippen molar-refractivity contribution in [3.63, 3.8) is 0 Å². The molecule has 1 nitrogen and oxygen atoms in total. The molecule has 0 spiro atoms. The van der Waals surface area contributed by atoms with Gasteiger partial charge in [0.05, 0.1) is 0 Å². The summed E-state index contributed by atoms with van der Waals surface area (Å²) < 4.78 is 29.1. The molecule has 32 heavy (non-hydrogen) atoms. The van der Waals surface area contributed by atoms with Crippen molar-refractivity contribution in [3.05, 3.63) is 74.9 Å². The third-order valence-corrected chi connectivity index (χ3v) is 7.09. The molecular weight excluding hydrogens is 402 g/mol. The predicted octanol–water partition coefficient (Wildman–Crippen LogP) is 8.70. The standard InChI is InChI=1S/C29H36F2O/c1-15-16(2)18(4)26(17(15)3)21-14-25(31)24(30)13-20(21)22-11-19(28(5,6)7)12-23(27(22)32)29(8,9)10/h11-14,26,32H,1-10H3. The maximum Gasteiger partial charge on any atom is 0.159 e. The van der Waals surface area contributed by atoms with Crippen molar-refractivity contribution in [1.29, 1.82) is 0 Å². The van der Waals surface area contributed by atoms with Crippen molar-refractivity contribution in [2.75, 3.05) is 0 Å². The lowest BCUT2D eigenvalue weighted by Gasteiger charge is -2.29. The third-order valence-electron chi connectivity index (χ3n) is 7.09. The van der Waals surface area contributed by atoms with Gasteiger partial charge in [0.1, 0.15) is 5.75 Å². The SMILES string of the molecule is CC1=C(C)C(c2cc(F)c(F)cc2-c2cc(C(C)(C)C)cc(C(C)(C)C)c2O)C(C)=C1C. The number of phenolic OH excluding ortho intramolecular Hbond substituents is 1. The second-order valence-corrected chi connectivity index (χ2v) is 11.3. The van der Waals surface area contributed by atoms with Crippen LogP contribution in [0.2, 0.25) is 0 Å². The van der Waals surface area contributed by atoms with Gasteiger partial charge in [-0.1, -0.05) is 58.8 Å². The van der Waals surface area contributed by atoms with Crippen LogP contribution in [0, 0.1) is 11.6 Å². The molecule has 3 heteroatoms. The summed E-state index contributed by atoms with van der Waals surface area (Å²) >= 11 is 0. The molecule has 1 N–H and O–H groups in total. The van der Waals surface area contributed by atoms with Crippen molar-refractivity contribution >= 4 is 0 Å². The number of aromatic hydroxyl groups is 1. The first-order chi connectivity index (χ1) is 14.6. The molecule has 0 saturated carbocycles. The summed E-state index contributed by atoms with van der Waals surface area (Å²) in [4.78, 5) is 0. The average Bonchev–Trinajstić information content (AvgIpc) is 2.85. The van der Waals surface area contributed by atoms with Crippen LogP contribution in [0.3, 0.4) is 0 Å². The smallest absolute Gasteiger partial charge is 0.159 e. The second kappa shape index (κ2) is 7.86. The van der Waals surface area contributed by atoms with Crippen molar-refractivity contribution in [3.8, 4) is 16.9 Å². The molecule has 0 amide bonds. The van der Waals surface area contributed by atoms with Crippen LogP contribution >= 0.6 is 0 Å². The summed E-state index contributed by atoms with van der Waals surface area (Å²) in [5.41, 5.74) is 7.79. The minimum Gasteiger partial charge on any atom is -0.507 e. The number of rotatable bonds is 2. The zero-order chi connectivity index (χ0) is 24.3. The fourth-order valence-electron chi connectivity index (χ4n) is 4.69. The Labute approximate surface area is 191 Å². The van der Waals surface area contributed by atoms with E-state index in [0.717, 1.165) is 22.3 Å². The quantitative estimate of drug-likeness (QED) is 0.497. The van der Waals surface area contributed by atoms with Gasteiger partial charge in [0.2, 0.25) is 0 Å². The Hall–Kier alpha value is -2.42. The van der Waals surface area contributed by atoms with Crippen LogP contribution in [0.1, 0.15) is 91.8 Å². The van der Waals surface area contributed by atoms with E-state index in [0.29, 0.717) is 16.7 Å². The van der Waals surface area contributed by atoms with Crippen LogP contribution in [0.15, 0.2) is 46.6 Å². The van der Waals surface area contributed by atoms with Crippen molar-refractivity contribution in [1.82, 2.24) is 0 Å². The highest BCUT2D eigenvalue weighted by Crippen LogP contribution is 2.49. The maximum atomic E-state index is 14.6. The predicted molar refractivity (Wildman–Crippen MR) is 130 cm³/mol. The van der Waals surface area contributed by atoms with E-state index in [4.69, 9.17) is 0 Å². The minimum atomic E-state index is -0.906. The number of phenols is 1. The summed E-state index contributed by atoms with van der Waals surface area (Å²) in [7, 11) is 0. The highest BCUT2D eigenvalue weighted by Gasteiger charge is 2.32. The minimum absolute atomic E-state index is 0.132. The van der Waals surface area contributed by atoms with Gasteiger partial charge in [-0.25, -0.2) is 8.78 Å². The number of hydrogen-bond donors (Lipinski definition) is 1. The Kier molecular flexibility index (Phi) is 5.95. The largest absolute Gasteiger partial charge is 0.507 e. The molecule has 0 atom stereocenters. The molecule has 1 aliphatic rings. The van der Waals surface area contributed by atoms with Gasteiger partial charge in [-0.05, 0) is 84.6 Å². The van der Waals surface area contributed by atoms with Gasteiger partial charge in [0, 0.05) is 17.0 Å². The summed E-state index contributed by atoms with van der Waals surface area (Å²) in [6, 6.07) is 6.54. The summed E-state index contributed by atoms with van der Waals surface area (Å²) in [6.07, 6.45) is 0. The molecule has 3 rings (SSSR count).